The molecule has 0 atom stereocenters. The summed E-state index contributed by atoms with van der Waals surface area (Å²) < 4.78 is 13.9. The van der Waals surface area contributed by atoms with Crippen LogP contribution in [0.2, 0.25) is 5.02 Å². The lowest BCUT2D eigenvalue weighted by Crippen LogP contribution is -2.09. The Morgan fingerprint density at radius 2 is 1.86 bits per heavy atom. The topological polar surface area (TPSA) is 46.2 Å². The van der Waals surface area contributed by atoms with E-state index in [1.165, 1.54) is 30.8 Å². The molecule has 2 aromatic carbocycles. The van der Waals surface area contributed by atoms with Crippen molar-refractivity contribution in [2.45, 2.75) is 11.8 Å². The van der Waals surface area contributed by atoms with Crippen LogP contribution in [0.4, 0.5) is 10.1 Å². The average molecular weight is 338 g/mol. The lowest BCUT2D eigenvalue weighted by molar-refractivity contribution is -0.114. The highest BCUT2D eigenvalue weighted by atomic mass is 35.5. The molecule has 3 nitrogen and oxygen atoms in total. The molecule has 0 saturated carbocycles. The molecule has 0 heterocycles. The molecule has 0 fully saturated rings. The molecule has 2 aromatic rings. The van der Waals surface area contributed by atoms with Crippen LogP contribution in [0.25, 0.3) is 0 Å². The Morgan fingerprint density at radius 3 is 2.45 bits per heavy atom. The Balaban J connectivity index is 2.03. The number of carbonyl (C=O) groups excluding carboxylic acids is 2. The molecular formula is C16H13ClFNO2S. The number of benzene rings is 2. The molecule has 0 aliphatic rings. The molecule has 0 saturated heterocycles. The van der Waals surface area contributed by atoms with Crippen LogP contribution in [0, 0.1) is 5.82 Å². The second-order valence-electron chi connectivity index (χ2n) is 4.54. The van der Waals surface area contributed by atoms with Crippen molar-refractivity contribution in [3.8, 4) is 0 Å². The minimum Gasteiger partial charge on any atom is -0.326 e. The fraction of sp³-hybridized carbons (Fsp3) is 0.125. The Morgan fingerprint density at radius 1 is 1.18 bits per heavy atom. The zero-order chi connectivity index (χ0) is 16.1. The van der Waals surface area contributed by atoms with Gasteiger partial charge >= 0.3 is 0 Å². The predicted molar refractivity (Wildman–Crippen MR) is 87.2 cm³/mol. The number of halogens is 2. The van der Waals surface area contributed by atoms with Gasteiger partial charge in [-0.05, 0) is 42.5 Å². The van der Waals surface area contributed by atoms with Gasteiger partial charge in [0.25, 0.3) is 0 Å². The van der Waals surface area contributed by atoms with Gasteiger partial charge in [0.1, 0.15) is 5.82 Å². The van der Waals surface area contributed by atoms with Gasteiger partial charge in [-0.15, -0.1) is 11.8 Å². The van der Waals surface area contributed by atoms with E-state index in [2.05, 4.69) is 5.32 Å². The van der Waals surface area contributed by atoms with Gasteiger partial charge in [0, 0.05) is 22.5 Å². The van der Waals surface area contributed by atoms with Crippen molar-refractivity contribution in [2.24, 2.45) is 0 Å². The van der Waals surface area contributed by atoms with Gasteiger partial charge in [-0.1, -0.05) is 11.6 Å². The third kappa shape index (κ3) is 4.58. The Kier molecular flexibility index (Phi) is 5.57. The summed E-state index contributed by atoms with van der Waals surface area (Å²) in [6.45, 7) is 1.33. The first-order valence-electron chi connectivity index (χ1n) is 6.44. The number of carbonyl (C=O) groups is 2. The fourth-order valence-corrected chi connectivity index (χ4v) is 2.69. The summed E-state index contributed by atoms with van der Waals surface area (Å²) in [7, 11) is 0. The first kappa shape index (κ1) is 16.5. The van der Waals surface area contributed by atoms with Crippen LogP contribution in [0.3, 0.4) is 0 Å². The molecule has 1 N–H and O–H groups in total. The zero-order valence-electron chi connectivity index (χ0n) is 11.7. The van der Waals surface area contributed by atoms with E-state index in [1.54, 1.807) is 24.3 Å². The first-order valence-corrected chi connectivity index (χ1v) is 7.81. The van der Waals surface area contributed by atoms with Gasteiger partial charge in [-0.3, -0.25) is 9.59 Å². The number of Topliss-reactive ketones (excluding diaryl/α,β-unsaturated/α-hetero) is 1. The minimum atomic E-state index is -0.645. The van der Waals surface area contributed by atoms with Crippen molar-refractivity contribution in [3.63, 3.8) is 0 Å². The van der Waals surface area contributed by atoms with E-state index in [9.17, 15) is 14.0 Å². The summed E-state index contributed by atoms with van der Waals surface area (Å²) in [4.78, 5) is 23.9. The van der Waals surface area contributed by atoms with Crippen molar-refractivity contribution >= 4 is 40.7 Å². The molecule has 6 heteroatoms. The minimum absolute atomic E-state index is 0.00978. The molecule has 114 valence electrons. The second-order valence-corrected chi connectivity index (χ2v) is 6.03. The van der Waals surface area contributed by atoms with Crippen LogP contribution in [0.1, 0.15) is 17.3 Å². The van der Waals surface area contributed by atoms with E-state index in [0.717, 1.165) is 11.0 Å². The van der Waals surface area contributed by atoms with Gasteiger partial charge in [0.05, 0.1) is 11.3 Å². The second kappa shape index (κ2) is 7.42. The zero-order valence-corrected chi connectivity index (χ0v) is 13.3. The number of rotatable bonds is 5. The molecule has 0 aliphatic heterocycles. The number of amides is 1. The fourth-order valence-electron chi connectivity index (χ4n) is 1.78. The standard InChI is InChI=1S/C16H13ClFNO2S/c1-10(20)19-12-4-7-14(15(18)8-12)16(21)9-22-13-5-2-11(17)3-6-13/h2-8H,9H2,1H3,(H,19,20). The summed E-state index contributed by atoms with van der Waals surface area (Å²) in [5, 5.41) is 3.09. The van der Waals surface area contributed by atoms with Crippen molar-refractivity contribution in [1.82, 2.24) is 0 Å². The molecule has 0 radical (unpaired) electrons. The number of hydrogen-bond donors (Lipinski definition) is 1. The molecule has 0 spiro atoms. The van der Waals surface area contributed by atoms with Crippen LogP contribution in [-0.4, -0.2) is 17.4 Å². The van der Waals surface area contributed by atoms with Crippen molar-refractivity contribution in [1.29, 1.82) is 0 Å². The highest BCUT2D eigenvalue weighted by Gasteiger charge is 2.13. The van der Waals surface area contributed by atoms with E-state index < -0.39 is 5.82 Å². The van der Waals surface area contributed by atoms with Crippen LogP contribution < -0.4 is 5.32 Å². The van der Waals surface area contributed by atoms with E-state index in [-0.39, 0.29) is 23.0 Å². The van der Waals surface area contributed by atoms with Crippen LogP contribution in [0.5, 0.6) is 0 Å². The maximum Gasteiger partial charge on any atom is 0.221 e. The predicted octanol–water partition coefficient (Wildman–Crippen LogP) is 4.41. The number of hydrogen-bond acceptors (Lipinski definition) is 3. The maximum atomic E-state index is 13.9. The lowest BCUT2D eigenvalue weighted by Gasteiger charge is -2.06. The number of ketones is 1. The highest BCUT2D eigenvalue weighted by molar-refractivity contribution is 8.00. The first-order chi connectivity index (χ1) is 10.5. The smallest absolute Gasteiger partial charge is 0.221 e. The molecule has 2 rings (SSSR count). The maximum absolute atomic E-state index is 13.9. The van der Waals surface area contributed by atoms with Crippen molar-refractivity contribution in [3.05, 3.63) is 58.9 Å². The Hall–Kier alpha value is -1.85. The van der Waals surface area contributed by atoms with E-state index in [0.29, 0.717) is 10.7 Å². The number of anilines is 1. The molecule has 0 aromatic heterocycles. The molecule has 0 bridgehead atoms. The summed E-state index contributed by atoms with van der Waals surface area (Å²) in [5.74, 6) is -1.13. The van der Waals surface area contributed by atoms with Crippen LogP contribution in [0.15, 0.2) is 47.4 Å². The molecule has 0 aliphatic carbocycles. The van der Waals surface area contributed by atoms with Gasteiger partial charge in [-0.25, -0.2) is 4.39 Å². The quantitative estimate of drug-likeness (QED) is 0.649. The number of thioether (sulfide) groups is 1. The van der Waals surface area contributed by atoms with Gasteiger partial charge < -0.3 is 5.32 Å². The molecule has 0 unspecified atom stereocenters. The third-order valence-electron chi connectivity index (χ3n) is 2.77. The summed E-state index contributed by atoms with van der Waals surface area (Å²) >= 11 is 7.10. The van der Waals surface area contributed by atoms with Crippen molar-refractivity contribution in [2.75, 3.05) is 11.1 Å². The van der Waals surface area contributed by atoms with Gasteiger partial charge in [-0.2, -0.15) is 0 Å². The summed E-state index contributed by atoms with van der Waals surface area (Å²) in [6, 6.07) is 11.1. The third-order valence-corrected chi connectivity index (χ3v) is 4.04. The van der Waals surface area contributed by atoms with Crippen LogP contribution in [-0.2, 0) is 4.79 Å². The van der Waals surface area contributed by atoms with Crippen molar-refractivity contribution < 1.29 is 14.0 Å². The largest absolute Gasteiger partial charge is 0.326 e. The number of nitrogens with one attached hydrogen (secondary N) is 1. The van der Waals surface area contributed by atoms with Crippen LogP contribution >= 0.6 is 23.4 Å². The summed E-state index contributed by atoms with van der Waals surface area (Å²) in [5.41, 5.74) is 0.336. The van der Waals surface area contributed by atoms with Gasteiger partial charge in [0.15, 0.2) is 5.78 Å². The van der Waals surface area contributed by atoms with E-state index in [4.69, 9.17) is 11.6 Å². The summed E-state index contributed by atoms with van der Waals surface area (Å²) in [6.07, 6.45) is 0. The van der Waals surface area contributed by atoms with E-state index >= 15 is 0 Å². The average Bonchev–Trinajstić information content (AvgIpc) is 2.46. The molecular weight excluding hydrogens is 325 g/mol. The molecule has 1 amide bonds. The van der Waals surface area contributed by atoms with Gasteiger partial charge in [0.2, 0.25) is 5.91 Å². The SMILES string of the molecule is CC(=O)Nc1ccc(C(=O)CSc2ccc(Cl)cc2)c(F)c1. The Labute approximate surface area is 136 Å². The monoisotopic (exact) mass is 337 g/mol. The lowest BCUT2D eigenvalue weighted by atomic mass is 10.1. The Bertz CT molecular complexity index is 704. The van der Waals surface area contributed by atoms with E-state index in [1.807, 2.05) is 0 Å². The normalized spacial score (nSPS) is 10.3. The highest BCUT2D eigenvalue weighted by Crippen LogP contribution is 2.23. The molecule has 22 heavy (non-hydrogen) atoms.